The minimum absolute atomic E-state index is 0.0211. The van der Waals surface area contributed by atoms with E-state index in [1.54, 1.807) is 13.0 Å². The predicted octanol–water partition coefficient (Wildman–Crippen LogP) is 2.36. The Morgan fingerprint density at radius 1 is 1.17 bits per heavy atom. The van der Waals surface area contributed by atoms with Crippen LogP contribution in [-0.2, 0) is 9.84 Å². The van der Waals surface area contributed by atoms with Gasteiger partial charge >= 0.3 is 0 Å². The molecule has 1 aliphatic heterocycles. The summed E-state index contributed by atoms with van der Waals surface area (Å²) >= 11 is 0. The third-order valence-corrected chi connectivity index (χ3v) is 6.02. The van der Waals surface area contributed by atoms with Crippen molar-refractivity contribution in [1.29, 1.82) is 0 Å². The molecule has 1 amide bonds. The zero-order valence-corrected chi connectivity index (χ0v) is 14.3. The summed E-state index contributed by atoms with van der Waals surface area (Å²) in [6.07, 6.45) is 1.29. The molecule has 24 heavy (non-hydrogen) atoms. The summed E-state index contributed by atoms with van der Waals surface area (Å²) < 4.78 is 23.4. The lowest BCUT2D eigenvalue weighted by atomic mass is 10.1. The molecule has 1 N–H and O–H groups in total. The number of benzene rings is 1. The van der Waals surface area contributed by atoms with Crippen molar-refractivity contribution >= 4 is 15.7 Å². The molecule has 6 heteroatoms. The monoisotopic (exact) mass is 344 g/mol. The van der Waals surface area contributed by atoms with Gasteiger partial charge in [-0.3, -0.25) is 9.78 Å². The van der Waals surface area contributed by atoms with Crippen molar-refractivity contribution in [3.63, 3.8) is 0 Å². The fraction of sp³-hybridized carbons (Fsp3) is 0.333. The minimum Gasteiger partial charge on any atom is -0.348 e. The number of aryl methyl sites for hydroxylation is 1. The van der Waals surface area contributed by atoms with Crippen molar-refractivity contribution < 1.29 is 13.2 Å². The second-order valence-corrected chi connectivity index (χ2v) is 8.35. The molecule has 0 spiro atoms. The Labute approximate surface area is 142 Å². The first-order valence-electron chi connectivity index (χ1n) is 7.99. The molecule has 5 nitrogen and oxygen atoms in total. The van der Waals surface area contributed by atoms with E-state index in [1.165, 1.54) is 0 Å². The number of hydrogen-bond acceptors (Lipinski definition) is 4. The fourth-order valence-corrected chi connectivity index (χ4v) is 4.61. The Morgan fingerprint density at radius 2 is 1.92 bits per heavy atom. The van der Waals surface area contributed by atoms with Crippen LogP contribution in [0.15, 0.2) is 42.5 Å². The lowest BCUT2D eigenvalue weighted by Crippen LogP contribution is -2.43. The van der Waals surface area contributed by atoms with Gasteiger partial charge < -0.3 is 5.32 Å². The maximum absolute atomic E-state index is 12.4. The van der Waals surface area contributed by atoms with Gasteiger partial charge in [0.2, 0.25) is 0 Å². The van der Waals surface area contributed by atoms with Crippen LogP contribution in [0.2, 0.25) is 0 Å². The van der Waals surface area contributed by atoms with E-state index in [4.69, 9.17) is 0 Å². The van der Waals surface area contributed by atoms with Crippen LogP contribution in [0, 0.1) is 6.92 Å². The first kappa shape index (κ1) is 16.6. The highest BCUT2D eigenvalue weighted by atomic mass is 32.2. The molecule has 1 saturated heterocycles. The third-order valence-electron chi connectivity index (χ3n) is 4.20. The molecule has 1 aromatic carbocycles. The second kappa shape index (κ2) is 6.73. The number of aromatic nitrogens is 1. The highest BCUT2D eigenvalue weighted by Crippen LogP contribution is 2.19. The number of rotatable bonds is 3. The topological polar surface area (TPSA) is 76.1 Å². The summed E-state index contributed by atoms with van der Waals surface area (Å²) in [5.74, 6) is -0.0271. The van der Waals surface area contributed by atoms with E-state index in [2.05, 4.69) is 10.3 Å². The highest BCUT2D eigenvalue weighted by Gasteiger charge is 2.26. The Bertz CT molecular complexity index is 848. The summed E-state index contributed by atoms with van der Waals surface area (Å²) in [5, 5.41) is 2.83. The van der Waals surface area contributed by atoms with E-state index < -0.39 is 9.84 Å². The number of hydrogen-bond donors (Lipinski definition) is 1. The van der Waals surface area contributed by atoms with Gasteiger partial charge in [-0.25, -0.2) is 8.42 Å². The van der Waals surface area contributed by atoms with Crippen molar-refractivity contribution in [3.05, 3.63) is 53.7 Å². The average molecular weight is 344 g/mol. The summed E-state index contributed by atoms with van der Waals surface area (Å²) in [6, 6.07) is 13.0. The van der Waals surface area contributed by atoms with E-state index >= 15 is 0 Å². The van der Waals surface area contributed by atoms with Crippen LogP contribution in [0.3, 0.4) is 0 Å². The number of pyridine rings is 1. The van der Waals surface area contributed by atoms with Crippen LogP contribution < -0.4 is 5.32 Å². The molecule has 0 radical (unpaired) electrons. The SMILES string of the molecule is Cc1nc(-c2ccccc2)ccc1C(=O)NC1CCCS(=O)(=O)C1. The van der Waals surface area contributed by atoms with Crippen LogP contribution in [0.5, 0.6) is 0 Å². The maximum atomic E-state index is 12.4. The number of nitrogens with zero attached hydrogens (tertiary/aromatic N) is 1. The van der Waals surface area contributed by atoms with Gasteiger partial charge in [0.15, 0.2) is 9.84 Å². The largest absolute Gasteiger partial charge is 0.348 e. The Hall–Kier alpha value is -2.21. The van der Waals surface area contributed by atoms with Crippen molar-refractivity contribution in [3.8, 4) is 11.3 Å². The second-order valence-electron chi connectivity index (χ2n) is 6.12. The first-order chi connectivity index (χ1) is 11.4. The van der Waals surface area contributed by atoms with Gasteiger partial charge in [-0.15, -0.1) is 0 Å². The van der Waals surface area contributed by atoms with E-state index in [0.29, 0.717) is 24.1 Å². The average Bonchev–Trinajstić information content (AvgIpc) is 2.54. The van der Waals surface area contributed by atoms with Gasteiger partial charge in [-0.1, -0.05) is 30.3 Å². The molecule has 1 atom stereocenters. The number of carbonyl (C=O) groups is 1. The van der Waals surface area contributed by atoms with Crippen molar-refractivity contribution in [1.82, 2.24) is 10.3 Å². The zero-order chi connectivity index (χ0) is 17.2. The van der Waals surface area contributed by atoms with Crippen LogP contribution in [0.4, 0.5) is 0 Å². The quantitative estimate of drug-likeness (QED) is 0.927. The summed E-state index contributed by atoms with van der Waals surface area (Å²) in [4.78, 5) is 17.0. The van der Waals surface area contributed by atoms with Crippen molar-refractivity contribution in [2.45, 2.75) is 25.8 Å². The standard InChI is InChI=1S/C18H20N2O3S/c1-13-16(9-10-17(19-13)14-6-3-2-4-7-14)18(21)20-15-8-5-11-24(22,23)12-15/h2-4,6-7,9-10,15H,5,8,11-12H2,1H3,(H,20,21). The minimum atomic E-state index is -3.04. The van der Waals surface area contributed by atoms with Gasteiger partial charge in [0, 0.05) is 11.6 Å². The van der Waals surface area contributed by atoms with E-state index in [0.717, 1.165) is 11.3 Å². The lowest BCUT2D eigenvalue weighted by molar-refractivity contribution is 0.0937. The summed E-state index contributed by atoms with van der Waals surface area (Å²) in [6.45, 7) is 1.79. The Kier molecular flexibility index (Phi) is 4.66. The number of nitrogens with one attached hydrogen (secondary N) is 1. The Morgan fingerprint density at radius 3 is 2.58 bits per heavy atom. The van der Waals surface area contributed by atoms with Crippen LogP contribution >= 0.6 is 0 Å². The molecule has 1 aromatic heterocycles. The zero-order valence-electron chi connectivity index (χ0n) is 13.5. The van der Waals surface area contributed by atoms with Crippen molar-refractivity contribution in [2.24, 2.45) is 0 Å². The van der Waals surface area contributed by atoms with E-state index in [-0.39, 0.29) is 23.5 Å². The van der Waals surface area contributed by atoms with Gasteiger partial charge in [-0.2, -0.15) is 0 Å². The molecule has 0 saturated carbocycles. The molecule has 2 heterocycles. The molecule has 1 unspecified atom stereocenters. The van der Waals surface area contributed by atoms with Crippen molar-refractivity contribution in [2.75, 3.05) is 11.5 Å². The molecule has 0 bridgehead atoms. The van der Waals surface area contributed by atoms with E-state index in [9.17, 15) is 13.2 Å². The lowest BCUT2D eigenvalue weighted by Gasteiger charge is -2.23. The summed E-state index contributed by atoms with van der Waals surface area (Å²) in [5.41, 5.74) is 2.92. The number of amides is 1. The number of sulfone groups is 1. The maximum Gasteiger partial charge on any atom is 0.253 e. The van der Waals surface area contributed by atoms with Gasteiger partial charge in [0.25, 0.3) is 5.91 Å². The first-order valence-corrected chi connectivity index (χ1v) is 9.81. The third kappa shape index (κ3) is 3.82. The Balaban J connectivity index is 1.76. The van der Waals surface area contributed by atoms with E-state index in [1.807, 2.05) is 36.4 Å². The molecule has 126 valence electrons. The van der Waals surface area contributed by atoms with Gasteiger partial charge in [0.05, 0.1) is 28.5 Å². The molecule has 2 aromatic rings. The van der Waals surface area contributed by atoms with Gasteiger partial charge in [0.1, 0.15) is 0 Å². The summed E-state index contributed by atoms with van der Waals surface area (Å²) in [7, 11) is -3.04. The van der Waals surface area contributed by atoms with Crippen LogP contribution in [0.1, 0.15) is 28.9 Å². The predicted molar refractivity (Wildman–Crippen MR) is 93.6 cm³/mol. The number of carbonyl (C=O) groups excluding carboxylic acids is 1. The molecule has 3 rings (SSSR count). The molecule has 1 aliphatic rings. The van der Waals surface area contributed by atoms with Gasteiger partial charge in [-0.05, 0) is 31.9 Å². The smallest absolute Gasteiger partial charge is 0.253 e. The fourth-order valence-electron chi connectivity index (χ4n) is 2.97. The van der Waals surface area contributed by atoms with Crippen LogP contribution in [-0.4, -0.2) is 36.9 Å². The molecule has 1 fully saturated rings. The molecular formula is C18H20N2O3S. The normalized spacial score (nSPS) is 19.6. The molecular weight excluding hydrogens is 324 g/mol. The molecule has 0 aliphatic carbocycles. The highest BCUT2D eigenvalue weighted by molar-refractivity contribution is 7.91. The van der Waals surface area contributed by atoms with Crippen LogP contribution in [0.25, 0.3) is 11.3 Å².